The Hall–Kier alpha value is -0.510. The molecule has 1 aromatic heterocycles. The van der Waals surface area contributed by atoms with Gasteiger partial charge in [-0.05, 0) is 60.7 Å². The smallest absolute Gasteiger partial charge is 0.260 e. The lowest BCUT2D eigenvalue weighted by molar-refractivity contribution is 0.191. The molecule has 2 heterocycles. The van der Waals surface area contributed by atoms with Gasteiger partial charge in [0.1, 0.15) is 0 Å². The third kappa shape index (κ3) is 4.48. The van der Waals surface area contributed by atoms with Crippen LogP contribution in [0.1, 0.15) is 26.2 Å². The quantitative estimate of drug-likeness (QED) is 0.745. The van der Waals surface area contributed by atoms with Crippen LogP contribution in [-0.4, -0.2) is 54.5 Å². The zero-order valence-corrected chi connectivity index (χ0v) is 14.8. The van der Waals surface area contributed by atoms with Crippen molar-refractivity contribution in [2.24, 2.45) is 13.0 Å². The summed E-state index contributed by atoms with van der Waals surface area (Å²) < 4.78 is 28.4. The normalized spacial score (nSPS) is 18.2. The van der Waals surface area contributed by atoms with Crippen LogP contribution in [0.15, 0.2) is 9.63 Å². The number of nitrogens with zero attached hydrogens (tertiary/aromatic N) is 4. The molecule has 1 N–H and O–H groups in total. The van der Waals surface area contributed by atoms with Gasteiger partial charge in [-0.25, -0.2) is 17.8 Å². The van der Waals surface area contributed by atoms with Crippen LogP contribution in [0.4, 0.5) is 0 Å². The van der Waals surface area contributed by atoms with Gasteiger partial charge in [0.15, 0.2) is 4.60 Å². The van der Waals surface area contributed by atoms with E-state index in [2.05, 4.69) is 42.8 Å². The third-order valence-electron chi connectivity index (χ3n) is 3.81. The summed E-state index contributed by atoms with van der Waals surface area (Å²) in [5, 5.41) is 7.44. The van der Waals surface area contributed by atoms with E-state index in [-0.39, 0.29) is 9.63 Å². The average Bonchev–Trinajstić information content (AvgIpc) is 2.77. The lowest BCUT2D eigenvalue weighted by atomic mass is 9.99. The Morgan fingerprint density at radius 3 is 2.62 bits per heavy atom. The summed E-state index contributed by atoms with van der Waals surface area (Å²) in [6.45, 7) is 5.87. The number of halogens is 1. The fourth-order valence-electron chi connectivity index (χ4n) is 2.47. The minimum Gasteiger partial charge on any atom is -0.303 e. The fourth-order valence-corrected chi connectivity index (χ4v) is 4.63. The van der Waals surface area contributed by atoms with E-state index in [4.69, 9.17) is 0 Å². The van der Waals surface area contributed by atoms with Crippen LogP contribution >= 0.6 is 15.9 Å². The van der Waals surface area contributed by atoms with Gasteiger partial charge in [-0.1, -0.05) is 12.1 Å². The first-order chi connectivity index (χ1) is 9.90. The first-order valence-electron chi connectivity index (χ1n) is 7.17. The number of piperidine rings is 1. The van der Waals surface area contributed by atoms with Crippen LogP contribution in [0.25, 0.3) is 0 Å². The second kappa shape index (κ2) is 7.17. The van der Waals surface area contributed by atoms with Gasteiger partial charge in [0.05, 0.1) is 0 Å². The number of aromatic nitrogens is 3. The molecule has 2 rings (SSSR count). The molecule has 9 heteroatoms. The van der Waals surface area contributed by atoms with Crippen LogP contribution in [0.2, 0.25) is 0 Å². The van der Waals surface area contributed by atoms with Crippen molar-refractivity contribution < 1.29 is 8.42 Å². The van der Waals surface area contributed by atoms with Crippen LogP contribution < -0.4 is 4.72 Å². The molecule has 0 bridgehead atoms. The summed E-state index contributed by atoms with van der Waals surface area (Å²) in [5.74, 6) is 0.814. The van der Waals surface area contributed by atoms with E-state index in [1.165, 1.54) is 17.5 Å². The molecular weight excluding hydrogens is 358 g/mol. The number of likely N-dealkylation sites (tertiary alicyclic amines) is 1. The predicted molar refractivity (Wildman–Crippen MR) is 83.3 cm³/mol. The van der Waals surface area contributed by atoms with Crippen molar-refractivity contribution in [3.05, 3.63) is 4.60 Å². The average molecular weight is 380 g/mol. The highest BCUT2D eigenvalue weighted by Crippen LogP contribution is 2.18. The number of hydrogen-bond acceptors (Lipinski definition) is 5. The van der Waals surface area contributed by atoms with Gasteiger partial charge in [-0.15, -0.1) is 5.10 Å². The van der Waals surface area contributed by atoms with Gasteiger partial charge in [-0.3, -0.25) is 0 Å². The Balaban J connectivity index is 1.78. The Morgan fingerprint density at radius 2 is 2.05 bits per heavy atom. The number of aryl methyl sites for hydroxylation is 1. The van der Waals surface area contributed by atoms with E-state index in [0.717, 1.165) is 32.0 Å². The summed E-state index contributed by atoms with van der Waals surface area (Å²) in [6.07, 6.45) is 3.27. The molecule has 7 nitrogen and oxygen atoms in total. The van der Waals surface area contributed by atoms with Crippen LogP contribution in [-0.2, 0) is 17.1 Å². The second-order valence-electron chi connectivity index (χ2n) is 5.58. The maximum atomic E-state index is 12.2. The molecule has 0 unspecified atom stereocenters. The molecule has 0 atom stereocenters. The van der Waals surface area contributed by atoms with Gasteiger partial charge < -0.3 is 4.90 Å². The third-order valence-corrected chi connectivity index (χ3v) is 6.16. The van der Waals surface area contributed by atoms with Gasteiger partial charge >= 0.3 is 0 Å². The molecular formula is C12H22BrN5O2S. The van der Waals surface area contributed by atoms with Crippen molar-refractivity contribution in [1.82, 2.24) is 24.6 Å². The maximum absolute atomic E-state index is 12.2. The Labute approximate surface area is 134 Å². The van der Waals surface area contributed by atoms with E-state index in [0.29, 0.717) is 6.54 Å². The SMILES string of the molecule is CC1CCN(CCCNS(=O)(=O)c2c(Br)nnn2C)CC1. The van der Waals surface area contributed by atoms with Crippen molar-refractivity contribution >= 4 is 26.0 Å². The molecule has 0 saturated carbocycles. The van der Waals surface area contributed by atoms with E-state index < -0.39 is 10.0 Å². The van der Waals surface area contributed by atoms with Crippen LogP contribution in [0, 0.1) is 5.92 Å². The molecule has 1 saturated heterocycles. The summed E-state index contributed by atoms with van der Waals surface area (Å²) in [7, 11) is -2.01. The van der Waals surface area contributed by atoms with Gasteiger partial charge in [0, 0.05) is 13.6 Å². The molecule has 1 fully saturated rings. The highest BCUT2D eigenvalue weighted by molar-refractivity contribution is 9.10. The zero-order valence-electron chi connectivity index (χ0n) is 12.4. The molecule has 120 valence electrons. The summed E-state index contributed by atoms with van der Waals surface area (Å²) in [5.41, 5.74) is 0. The number of hydrogen-bond donors (Lipinski definition) is 1. The maximum Gasteiger partial charge on any atom is 0.260 e. The van der Waals surface area contributed by atoms with E-state index in [1.54, 1.807) is 7.05 Å². The number of sulfonamides is 1. The van der Waals surface area contributed by atoms with Gasteiger partial charge in [0.25, 0.3) is 10.0 Å². The molecule has 0 amide bonds. The monoisotopic (exact) mass is 379 g/mol. The van der Waals surface area contributed by atoms with Crippen molar-refractivity contribution in [2.45, 2.75) is 31.2 Å². The molecule has 0 aliphatic carbocycles. The predicted octanol–water partition coefficient (Wildman–Crippen LogP) is 0.978. The highest BCUT2D eigenvalue weighted by Gasteiger charge is 2.23. The molecule has 21 heavy (non-hydrogen) atoms. The Bertz CT molecular complexity index is 547. The second-order valence-corrected chi connectivity index (χ2v) is 8.02. The lowest BCUT2D eigenvalue weighted by Gasteiger charge is -2.30. The summed E-state index contributed by atoms with van der Waals surface area (Å²) in [6, 6.07) is 0. The Kier molecular flexibility index (Phi) is 5.75. The molecule has 1 aliphatic rings. The topological polar surface area (TPSA) is 80.1 Å². The van der Waals surface area contributed by atoms with Crippen LogP contribution in [0.5, 0.6) is 0 Å². The first kappa shape index (κ1) is 16.9. The largest absolute Gasteiger partial charge is 0.303 e. The molecule has 0 aromatic carbocycles. The minimum atomic E-state index is -3.57. The van der Waals surface area contributed by atoms with E-state index in [1.807, 2.05) is 0 Å². The van der Waals surface area contributed by atoms with Gasteiger partial charge in [0.2, 0.25) is 5.03 Å². The molecule has 0 radical (unpaired) electrons. The minimum absolute atomic E-state index is 0.0642. The number of nitrogens with one attached hydrogen (secondary N) is 1. The summed E-state index contributed by atoms with van der Waals surface area (Å²) in [4.78, 5) is 2.40. The van der Waals surface area contributed by atoms with Crippen molar-refractivity contribution in [2.75, 3.05) is 26.2 Å². The fraction of sp³-hybridized carbons (Fsp3) is 0.833. The lowest BCUT2D eigenvalue weighted by Crippen LogP contribution is -2.35. The number of rotatable bonds is 6. The molecule has 0 spiro atoms. The Morgan fingerprint density at radius 1 is 1.38 bits per heavy atom. The molecule has 1 aromatic rings. The highest BCUT2D eigenvalue weighted by atomic mass is 79.9. The standard InChI is InChI=1S/C12H22BrN5O2S/c1-10-4-8-18(9-5-10)7-3-6-14-21(19,20)12-11(13)15-16-17(12)2/h10,14H,3-9H2,1-2H3. The van der Waals surface area contributed by atoms with E-state index in [9.17, 15) is 8.42 Å². The van der Waals surface area contributed by atoms with Crippen molar-refractivity contribution in [3.8, 4) is 0 Å². The first-order valence-corrected chi connectivity index (χ1v) is 9.45. The zero-order chi connectivity index (χ0) is 15.5. The van der Waals surface area contributed by atoms with Crippen molar-refractivity contribution in [3.63, 3.8) is 0 Å². The summed E-state index contributed by atoms with van der Waals surface area (Å²) >= 11 is 3.11. The van der Waals surface area contributed by atoms with E-state index >= 15 is 0 Å². The van der Waals surface area contributed by atoms with Crippen molar-refractivity contribution in [1.29, 1.82) is 0 Å². The molecule has 1 aliphatic heterocycles. The van der Waals surface area contributed by atoms with Crippen LogP contribution in [0.3, 0.4) is 0 Å². The van der Waals surface area contributed by atoms with Gasteiger partial charge in [-0.2, -0.15) is 0 Å².